The molecule has 0 radical (unpaired) electrons. The maximum atomic E-state index is 16.2. The number of aryl methyl sites for hydroxylation is 1. The Bertz CT molecular complexity index is 2560. The molecule has 4 heterocycles. The number of hydrogen-bond acceptors (Lipinski definition) is 10. The van der Waals surface area contributed by atoms with Crippen molar-refractivity contribution in [3.8, 4) is 16.2 Å². The van der Waals surface area contributed by atoms with Gasteiger partial charge in [-0.25, -0.2) is 18.2 Å². The van der Waals surface area contributed by atoms with E-state index in [-0.39, 0.29) is 62.0 Å². The Morgan fingerprint density at radius 3 is 2.37 bits per heavy atom. The third-order valence-corrected chi connectivity index (χ3v) is 15.1. The molecular weight excluding hydrogens is 930 g/mol. The number of carbonyl (C=O) groups is 3. The zero-order chi connectivity index (χ0) is 50.8. The fourth-order valence-electron chi connectivity index (χ4n) is 10.6. The molecule has 3 N–H and O–H groups in total. The van der Waals surface area contributed by atoms with Crippen LogP contribution in [0.2, 0.25) is 0 Å². The van der Waals surface area contributed by atoms with Crippen molar-refractivity contribution in [2.75, 3.05) is 45.9 Å². The van der Waals surface area contributed by atoms with E-state index < -0.39 is 58.8 Å². The smallest absolute Gasteiger partial charge is 0.246 e. The molecule has 0 saturated carbocycles. The van der Waals surface area contributed by atoms with Gasteiger partial charge < -0.3 is 30.1 Å². The number of benzene rings is 3. The normalized spacial score (nSPS) is 21.2. The number of likely N-dealkylation sites (tertiary alicyclic amines) is 2. The first-order chi connectivity index (χ1) is 33.7. The summed E-state index contributed by atoms with van der Waals surface area (Å²) in [5.41, 5.74) is 6.64. The van der Waals surface area contributed by atoms with Crippen molar-refractivity contribution in [2.45, 2.75) is 136 Å². The quantitative estimate of drug-likeness (QED) is 0.0793. The number of carbonyl (C=O) groups excluding carboxylic acids is 3. The number of aliphatic hydroxyl groups is 1. The molecule has 382 valence electrons. The van der Waals surface area contributed by atoms with Crippen molar-refractivity contribution >= 4 is 34.6 Å². The largest absolute Gasteiger partial charge is 0.488 e. The second kappa shape index (κ2) is 21.9. The number of nitrogens with zero attached hydrogens (tertiary/aromatic N) is 4. The van der Waals surface area contributed by atoms with Crippen LogP contribution in [0.15, 0.2) is 71.7 Å². The topological polar surface area (TPSA) is 137 Å². The Morgan fingerprint density at radius 1 is 0.972 bits per heavy atom. The van der Waals surface area contributed by atoms with E-state index in [9.17, 15) is 19.5 Å². The predicted molar refractivity (Wildman–Crippen MR) is 269 cm³/mol. The third-order valence-electron chi connectivity index (χ3n) is 14.2. The van der Waals surface area contributed by atoms with E-state index in [0.29, 0.717) is 32.5 Å². The standard InChI is InChI=1S/C55H69F3N6O6S/c1-33-21-42-41-14-10-9-13-37(41)22-43(42)49(64(33)31-55(6,7)58)48-44(56)24-39(25-45(48)57)70-40-28-62(29-40)19-11-8-12-20-69-30-47(66)61-51(54(3,4)5)53(68)63-27-38(65)23-46(63)52(67)59-26-35-15-17-36(18-16-35)50-34(2)60-32-71-50/h9-10,13-18,24-25,32-33,38,40,46,49,51,65H,8,11-12,19-23,26-31H2,1-7H3,(H,59,67)(H,61,66)/t33-,38-,46+,49+,51-/m1/s1. The molecular formula is C55H69F3N6O6S. The number of β-amino-alcohol motifs (C(OH)–C–C–N with tert-alkyl or cyclic N) is 1. The van der Waals surface area contributed by atoms with Gasteiger partial charge in [0.05, 0.1) is 28.2 Å². The zero-order valence-electron chi connectivity index (χ0n) is 42.0. The molecule has 3 amide bonds. The summed E-state index contributed by atoms with van der Waals surface area (Å²) >= 11 is 1.57. The summed E-state index contributed by atoms with van der Waals surface area (Å²) in [6, 6.07) is 15.8. The number of thiazole rings is 1. The van der Waals surface area contributed by atoms with Gasteiger partial charge in [-0.1, -0.05) is 69.3 Å². The van der Waals surface area contributed by atoms with Crippen LogP contribution in [0.5, 0.6) is 5.75 Å². The Balaban J connectivity index is 0.749. The highest BCUT2D eigenvalue weighted by atomic mass is 32.1. The van der Waals surface area contributed by atoms with Gasteiger partial charge in [0, 0.05) is 69.5 Å². The van der Waals surface area contributed by atoms with E-state index in [2.05, 4.69) is 32.7 Å². The number of hydrogen-bond donors (Lipinski definition) is 3. The second-order valence-corrected chi connectivity index (χ2v) is 22.4. The third kappa shape index (κ3) is 12.4. The average molecular weight is 999 g/mol. The maximum Gasteiger partial charge on any atom is 0.246 e. The summed E-state index contributed by atoms with van der Waals surface area (Å²) in [5.74, 6) is -2.52. The molecule has 0 unspecified atom stereocenters. The number of alkyl halides is 1. The summed E-state index contributed by atoms with van der Waals surface area (Å²) in [4.78, 5) is 51.5. The predicted octanol–water partition coefficient (Wildman–Crippen LogP) is 8.35. The van der Waals surface area contributed by atoms with Crippen molar-refractivity contribution in [3.05, 3.63) is 111 Å². The molecule has 12 nitrogen and oxygen atoms in total. The van der Waals surface area contributed by atoms with Gasteiger partial charge >= 0.3 is 0 Å². The summed E-state index contributed by atoms with van der Waals surface area (Å²) in [5, 5.41) is 16.4. The number of amides is 3. The lowest BCUT2D eigenvalue weighted by molar-refractivity contribution is -0.144. The van der Waals surface area contributed by atoms with E-state index in [0.717, 1.165) is 69.8 Å². The van der Waals surface area contributed by atoms with Crippen molar-refractivity contribution in [1.82, 2.24) is 30.3 Å². The molecule has 4 aliphatic rings. The van der Waals surface area contributed by atoms with E-state index in [1.54, 1.807) is 11.3 Å². The van der Waals surface area contributed by atoms with Crippen LogP contribution in [0.3, 0.4) is 0 Å². The molecule has 1 aromatic heterocycles. The lowest BCUT2D eigenvalue weighted by Gasteiger charge is -2.44. The maximum absolute atomic E-state index is 16.2. The van der Waals surface area contributed by atoms with Gasteiger partial charge in [-0.05, 0) is 105 Å². The van der Waals surface area contributed by atoms with Crippen molar-refractivity contribution < 1.29 is 42.1 Å². The van der Waals surface area contributed by atoms with Gasteiger partial charge in [-0.15, -0.1) is 11.3 Å². The first-order valence-electron chi connectivity index (χ1n) is 25.0. The minimum absolute atomic E-state index is 0.0181. The van der Waals surface area contributed by atoms with Gasteiger partial charge in [0.25, 0.3) is 0 Å². The molecule has 4 aromatic rings. The Kier molecular flexibility index (Phi) is 16.1. The summed E-state index contributed by atoms with van der Waals surface area (Å²) in [7, 11) is 0. The number of ether oxygens (including phenoxy) is 2. The molecule has 3 aromatic carbocycles. The van der Waals surface area contributed by atoms with Gasteiger partial charge in [0.1, 0.15) is 47.8 Å². The summed E-state index contributed by atoms with van der Waals surface area (Å²) in [6.45, 7) is 14.9. The highest BCUT2D eigenvalue weighted by molar-refractivity contribution is 7.13. The molecule has 8 rings (SSSR count). The van der Waals surface area contributed by atoms with Crippen LogP contribution in [-0.4, -0.2) is 124 Å². The molecule has 71 heavy (non-hydrogen) atoms. The Labute approximate surface area is 420 Å². The lowest BCUT2D eigenvalue weighted by atomic mass is 9.84. The van der Waals surface area contributed by atoms with Gasteiger partial charge in [0.2, 0.25) is 17.7 Å². The number of nitrogens with one attached hydrogen (secondary N) is 2. The van der Waals surface area contributed by atoms with E-state index in [1.165, 1.54) is 30.9 Å². The lowest BCUT2D eigenvalue weighted by Crippen LogP contribution is -2.58. The Hall–Kier alpha value is -5.13. The zero-order valence-corrected chi connectivity index (χ0v) is 42.9. The molecule has 1 aliphatic carbocycles. The highest BCUT2D eigenvalue weighted by Gasteiger charge is 2.46. The number of aliphatic hydroxyl groups excluding tert-OH is 1. The number of aromatic nitrogens is 1. The first-order valence-corrected chi connectivity index (χ1v) is 25.9. The van der Waals surface area contributed by atoms with Crippen LogP contribution in [-0.2, 0) is 32.1 Å². The molecule has 0 spiro atoms. The van der Waals surface area contributed by atoms with Crippen molar-refractivity contribution in [2.24, 2.45) is 5.41 Å². The monoisotopic (exact) mass is 998 g/mol. The number of fused-ring (bicyclic) bond motifs is 2. The average Bonchev–Trinajstić information content (AvgIpc) is 4.02. The van der Waals surface area contributed by atoms with Crippen LogP contribution in [0.25, 0.3) is 16.0 Å². The van der Waals surface area contributed by atoms with Crippen LogP contribution < -0.4 is 15.4 Å². The highest BCUT2D eigenvalue weighted by Crippen LogP contribution is 2.50. The minimum atomic E-state index is -1.57. The van der Waals surface area contributed by atoms with E-state index >= 15 is 13.2 Å². The number of rotatable bonds is 19. The SMILES string of the molecule is Cc1ncsc1-c1ccc(CNC(=O)[C@@H]2C[C@@H](O)CN2C(=O)[C@@H](NC(=O)COCCCCCN2CC(Oc3cc(F)c([C@@H]4C5=C(C[C@@H](C)N4CC(C)(C)F)c4ccccc4C5)c(F)c3)C2)C(C)(C)C)cc1. The van der Waals surface area contributed by atoms with Crippen LogP contribution in [0.4, 0.5) is 13.2 Å². The number of halogens is 3. The van der Waals surface area contributed by atoms with Gasteiger partial charge in [0.15, 0.2) is 0 Å². The summed E-state index contributed by atoms with van der Waals surface area (Å²) in [6.07, 6.45) is 2.70. The fourth-order valence-corrected chi connectivity index (χ4v) is 11.4. The van der Waals surface area contributed by atoms with E-state index in [4.69, 9.17) is 9.47 Å². The molecule has 2 fully saturated rings. The fraction of sp³-hybridized carbons (Fsp3) is 0.527. The van der Waals surface area contributed by atoms with Crippen molar-refractivity contribution in [3.63, 3.8) is 0 Å². The molecule has 3 aliphatic heterocycles. The summed E-state index contributed by atoms with van der Waals surface area (Å²) < 4.78 is 59.4. The number of unbranched alkanes of at least 4 members (excludes halogenated alkanes) is 2. The van der Waals surface area contributed by atoms with Crippen molar-refractivity contribution in [1.29, 1.82) is 0 Å². The molecule has 0 bridgehead atoms. The van der Waals surface area contributed by atoms with Crippen LogP contribution >= 0.6 is 11.3 Å². The molecule has 16 heteroatoms. The van der Waals surface area contributed by atoms with Crippen LogP contribution in [0.1, 0.15) is 108 Å². The minimum Gasteiger partial charge on any atom is -0.488 e. The van der Waals surface area contributed by atoms with Crippen LogP contribution in [0, 0.1) is 24.0 Å². The van der Waals surface area contributed by atoms with Gasteiger partial charge in [-0.2, -0.15) is 0 Å². The molecule has 2 saturated heterocycles. The van der Waals surface area contributed by atoms with Gasteiger partial charge in [-0.3, -0.25) is 24.2 Å². The first kappa shape index (κ1) is 52.2. The molecule has 5 atom stereocenters. The Morgan fingerprint density at radius 2 is 1.69 bits per heavy atom. The van der Waals surface area contributed by atoms with E-state index in [1.807, 2.05) is 81.4 Å². The second-order valence-electron chi connectivity index (χ2n) is 21.5.